The largest absolute Gasteiger partial charge is 0.456 e. The maximum absolute atomic E-state index is 6.98. The van der Waals surface area contributed by atoms with Gasteiger partial charge in [-0.1, -0.05) is 134 Å². The van der Waals surface area contributed by atoms with Crippen LogP contribution in [-0.4, -0.2) is 104 Å². The van der Waals surface area contributed by atoms with Gasteiger partial charge >= 0.3 is 0 Å². The van der Waals surface area contributed by atoms with Gasteiger partial charge in [0.25, 0.3) is 0 Å². The number of ether oxygens (including phenoxy) is 1. The van der Waals surface area contributed by atoms with Crippen molar-refractivity contribution in [2.45, 2.75) is 59.0 Å². The van der Waals surface area contributed by atoms with Crippen LogP contribution in [-0.2, 0) is 31.3 Å². The Balaban J connectivity index is 1.36. The molecule has 9 rings (SSSR count). The summed E-state index contributed by atoms with van der Waals surface area (Å²) < 4.78 is 9.90. The number of rotatable bonds is 7. The number of hydrogen-bond acceptors (Lipinski definition) is 3. The van der Waals surface area contributed by atoms with E-state index in [2.05, 4.69) is 38.2 Å². The first kappa shape index (κ1) is 43.8. The molecule has 1 aliphatic heterocycles. The molecule has 3 nitrogen and oxygen atoms in total. The second-order valence-corrected chi connectivity index (χ2v) is 19.1. The molecule has 0 amide bonds. The number of para-hydroxylation sites is 3. The van der Waals surface area contributed by atoms with Gasteiger partial charge in [-0.2, -0.15) is 0 Å². The summed E-state index contributed by atoms with van der Waals surface area (Å²) in [6.07, 6.45) is 0. The zero-order valence-electron chi connectivity index (χ0n) is 35.5. The van der Waals surface area contributed by atoms with E-state index in [0.717, 1.165) is 37.3 Å². The smallest absolute Gasteiger partial charge is 0.195 e. The van der Waals surface area contributed by atoms with Gasteiger partial charge < -0.3 is 4.74 Å². The maximum atomic E-state index is 6.98. The highest BCUT2D eigenvalue weighted by molar-refractivity contribution is 7.24. The molecule has 0 unspecified atom stereocenters. The third-order valence-corrected chi connectivity index (χ3v) is 14.1. The summed E-state index contributed by atoms with van der Waals surface area (Å²) in [5, 5.41) is -7.34. The third-order valence-electron chi connectivity index (χ3n) is 13.0. The molecule has 0 spiro atoms. The number of thiazole rings is 1. The van der Waals surface area contributed by atoms with Crippen LogP contribution in [0.3, 0.4) is 0 Å². The average molecular weight is 801 g/mol. The first-order valence-electron chi connectivity index (χ1n) is 20.4. The van der Waals surface area contributed by atoms with E-state index in [1.54, 1.807) is 12.1 Å². The predicted octanol–water partition coefficient (Wildman–Crippen LogP) is 6.53. The van der Waals surface area contributed by atoms with Crippen LogP contribution in [0.25, 0.3) is 59.6 Å². The molecule has 0 fully saturated rings. The third kappa shape index (κ3) is 7.08. The zero-order chi connectivity index (χ0) is 45.4. The van der Waals surface area contributed by atoms with Crippen molar-refractivity contribution in [1.29, 1.82) is 0 Å². The van der Waals surface area contributed by atoms with Crippen LogP contribution in [0.4, 0.5) is 0 Å². The molecule has 0 saturated heterocycles. The van der Waals surface area contributed by atoms with Crippen molar-refractivity contribution in [2.75, 3.05) is 0 Å². The number of nitrogens with zero attached hydrogens (tertiary/aromatic N) is 2. The molecular formula is C47H30B12N2OS. The van der Waals surface area contributed by atoms with Gasteiger partial charge in [0, 0.05) is 33.1 Å². The Hall–Kier alpha value is -4.41. The van der Waals surface area contributed by atoms with E-state index < -0.39 is 31.3 Å². The van der Waals surface area contributed by atoms with Crippen LogP contribution in [0, 0.1) is 0 Å². The molecule has 6 aromatic carbocycles. The maximum Gasteiger partial charge on any atom is 0.195 e. The van der Waals surface area contributed by atoms with Crippen molar-refractivity contribution in [1.82, 2.24) is 9.38 Å². The van der Waals surface area contributed by atoms with E-state index in [0.29, 0.717) is 67.1 Å². The molecule has 8 aromatic rings. The Labute approximate surface area is 390 Å². The number of fused-ring (bicyclic) bond motifs is 7. The summed E-state index contributed by atoms with van der Waals surface area (Å²) in [6.45, 7) is 8.77. The quantitative estimate of drug-likeness (QED) is 0.172. The monoisotopic (exact) mass is 802 g/mol. The van der Waals surface area contributed by atoms with Gasteiger partial charge in [-0.3, -0.25) is 4.40 Å². The van der Waals surface area contributed by atoms with Crippen LogP contribution in [0.15, 0.2) is 109 Å². The second-order valence-electron chi connectivity index (χ2n) is 18.1. The summed E-state index contributed by atoms with van der Waals surface area (Å²) in [4.78, 5) is 5.68. The van der Waals surface area contributed by atoms with Gasteiger partial charge in [0.15, 0.2) is 4.96 Å². The molecule has 63 heavy (non-hydrogen) atoms. The summed E-state index contributed by atoms with van der Waals surface area (Å²) in [6, 6.07) is 34.3. The van der Waals surface area contributed by atoms with Gasteiger partial charge in [-0.05, 0) is 58.7 Å². The fraction of sp³-hybridized carbons (Fsp3) is 0.213. The Morgan fingerprint density at radius 2 is 1.00 bits per heavy atom. The number of hydrogen-bond donors (Lipinski definition) is 0. The Kier molecular flexibility index (Phi) is 10.1. The molecule has 0 atom stereocenters. The molecule has 0 saturated carbocycles. The highest BCUT2D eigenvalue weighted by Crippen LogP contribution is 2.57. The van der Waals surface area contributed by atoms with E-state index >= 15 is 0 Å². The van der Waals surface area contributed by atoms with Gasteiger partial charge in [0.1, 0.15) is 11.5 Å². The molecule has 24 radical (unpaired) electrons. The summed E-state index contributed by atoms with van der Waals surface area (Å²) in [7, 11) is 78.9. The SMILES string of the molecule is [B]C([B])([B])c1ccc(-c2c(C([B])([B])[B])ccc3c2Oc2ccccc2C(C)(C)C3(C)C)cc1-c1cc(-c2c(C([B])([B])[B])ccc3c2sc2nc4ccccc4n23)ccc1C([B])([B])[B]. The van der Waals surface area contributed by atoms with Crippen LogP contribution in [0.1, 0.15) is 61.1 Å². The van der Waals surface area contributed by atoms with E-state index in [1.165, 1.54) is 11.3 Å². The van der Waals surface area contributed by atoms with Gasteiger partial charge in [-0.25, -0.2) is 4.98 Å². The lowest BCUT2D eigenvalue weighted by Crippen LogP contribution is -2.39. The average Bonchev–Trinajstić information content (AvgIpc) is 3.73. The first-order valence-corrected chi connectivity index (χ1v) is 21.2. The molecule has 3 heterocycles. The molecule has 0 aliphatic carbocycles. The highest BCUT2D eigenvalue weighted by atomic mass is 32.1. The summed E-state index contributed by atoms with van der Waals surface area (Å²) >= 11 is 1.47. The Morgan fingerprint density at radius 1 is 0.508 bits per heavy atom. The zero-order valence-corrected chi connectivity index (χ0v) is 36.3. The predicted molar refractivity (Wildman–Crippen MR) is 273 cm³/mol. The number of aromatic nitrogens is 2. The Bertz CT molecular complexity index is 3160. The minimum Gasteiger partial charge on any atom is -0.456 e. The van der Waals surface area contributed by atoms with Gasteiger partial charge in [-0.15, -0.1) is 20.5 Å². The van der Waals surface area contributed by atoms with Crippen molar-refractivity contribution >= 4 is 132 Å². The van der Waals surface area contributed by atoms with Crippen molar-refractivity contribution in [3.05, 3.63) is 143 Å². The Morgan fingerprint density at radius 3 is 1.60 bits per heavy atom. The fourth-order valence-corrected chi connectivity index (χ4v) is 10.4. The van der Waals surface area contributed by atoms with E-state index in [1.807, 2.05) is 91.0 Å². The minimum absolute atomic E-state index is 0.329. The van der Waals surface area contributed by atoms with Crippen molar-refractivity contribution in [3.8, 4) is 44.9 Å². The molecular weight excluding hydrogens is 770 g/mol. The molecule has 2 aromatic heterocycles. The van der Waals surface area contributed by atoms with Gasteiger partial charge in [0.05, 0.1) is 115 Å². The lowest BCUT2D eigenvalue weighted by Gasteiger charge is -2.42. The van der Waals surface area contributed by atoms with Gasteiger partial charge in [0.2, 0.25) is 0 Å². The van der Waals surface area contributed by atoms with E-state index in [4.69, 9.17) is 104 Å². The van der Waals surface area contributed by atoms with E-state index in [9.17, 15) is 0 Å². The van der Waals surface area contributed by atoms with Crippen LogP contribution >= 0.6 is 11.3 Å². The highest BCUT2D eigenvalue weighted by Gasteiger charge is 2.46. The molecule has 1 aliphatic rings. The summed E-state index contributed by atoms with van der Waals surface area (Å²) in [5.74, 6) is 1.20. The van der Waals surface area contributed by atoms with Crippen LogP contribution in [0.2, 0.25) is 0 Å². The first-order chi connectivity index (χ1) is 29.3. The van der Waals surface area contributed by atoms with Crippen LogP contribution in [0.5, 0.6) is 11.5 Å². The molecule has 276 valence electrons. The topological polar surface area (TPSA) is 26.5 Å². The van der Waals surface area contributed by atoms with Crippen molar-refractivity contribution < 1.29 is 4.74 Å². The second kappa shape index (κ2) is 14.5. The van der Waals surface area contributed by atoms with E-state index in [-0.39, 0.29) is 0 Å². The number of imidazole rings is 1. The van der Waals surface area contributed by atoms with Crippen LogP contribution < -0.4 is 4.74 Å². The lowest BCUT2D eigenvalue weighted by atomic mass is 9.38. The lowest BCUT2D eigenvalue weighted by molar-refractivity contribution is 0.306. The normalized spacial score (nSPS) is 15.2. The summed E-state index contributed by atoms with van der Waals surface area (Å²) in [5.41, 5.74) is 8.57. The molecule has 0 bridgehead atoms. The fourth-order valence-electron chi connectivity index (χ4n) is 9.18. The molecule has 0 N–H and O–H groups in total. The minimum atomic E-state index is -1.88. The standard InChI is InChI=1S/C47H30B12N2OS/c1-42(2)29-9-5-8-12-36(29)62-39-32(43(42,3)4)18-17-30(46(54,55)56)37(39)23-13-15-27(44(48,49)50)25(21-23)26-22-24(14-16-28(26)45(51,52)53)38-31(47(57,58)59)19-20-35-40(38)63-41-60-33-10-6-7-11-34(33)61(35)41/h5-22H,1-4H3. The van der Waals surface area contributed by atoms with Crippen molar-refractivity contribution in [2.24, 2.45) is 0 Å². The number of benzene rings is 6. The molecule has 16 heteroatoms. The van der Waals surface area contributed by atoms with Crippen molar-refractivity contribution in [3.63, 3.8) is 0 Å².